The lowest BCUT2D eigenvalue weighted by molar-refractivity contribution is 0.256. The molecule has 1 N–H and O–H groups in total. The fourth-order valence-corrected chi connectivity index (χ4v) is 5.08. The van der Waals surface area contributed by atoms with Gasteiger partial charge in [-0.05, 0) is 56.1 Å². The van der Waals surface area contributed by atoms with Crippen LogP contribution in [0.15, 0.2) is 36.5 Å². The average molecular weight is 494 g/mol. The first-order chi connectivity index (χ1) is 17.4. The molecule has 0 unspecified atom stereocenters. The Hall–Kier alpha value is -3.10. The SMILES string of the molecule is CNCCN1CCc2cc(Cc3ncc(F)c(-c4cc(F)c5c(c4)N(C(C)C)CCO5)n3)ccc2C1. The van der Waals surface area contributed by atoms with Gasteiger partial charge in [-0.3, -0.25) is 4.90 Å². The fraction of sp³-hybridized carbons (Fsp3) is 0.429. The van der Waals surface area contributed by atoms with Crippen LogP contribution in [0.5, 0.6) is 5.75 Å². The van der Waals surface area contributed by atoms with E-state index in [-0.39, 0.29) is 17.5 Å². The number of benzene rings is 2. The van der Waals surface area contributed by atoms with E-state index in [9.17, 15) is 8.78 Å². The number of ether oxygens (including phenoxy) is 1. The van der Waals surface area contributed by atoms with Crippen LogP contribution >= 0.6 is 0 Å². The van der Waals surface area contributed by atoms with Crippen molar-refractivity contribution in [1.82, 2.24) is 20.2 Å². The van der Waals surface area contributed by atoms with E-state index in [0.717, 1.165) is 38.2 Å². The van der Waals surface area contributed by atoms with Gasteiger partial charge in [0.1, 0.15) is 18.1 Å². The third-order valence-electron chi connectivity index (χ3n) is 7.01. The van der Waals surface area contributed by atoms with Crippen LogP contribution < -0.4 is 15.0 Å². The summed E-state index contributed by atoms with van der Waals surface area (Å²) < 4.78 is 35.4. The summed E-state index contributed by atoms with van der Waals surface area (Å²) in [6, 6.07) is 9.73. The lowest BCUT2D eigenvalue weighted by atomic mass is 9.96. The normalized spacial score (nSPS) is 15.6. The molecule has 1 aromatic heterocycles. The molecule has 0 aliphatic carbocycles. The predicted octanol–water partition coefficient (Wildman–Crippen LogP) is 4.20. The molecule has 0 fully saturated rings. The van der Waals surface area contributed by atoms with Gasteiger partial charge in [0.15, 0.2) is 17.4 Å². The summed E-state index contributed by atoms with van der Waals surface area (Å²) in [6.45, 7) is 9.16. The Kier molecular flexibility index (Phi) is 7.16. The summed E-state index contributed by atoms with van der Waals surface area (Å²) in [7, 11) is 1.98. The quantitative estimate of drug-likeness (QED) is 0.533. The first-order valence-corrected chi connectivity index (χ1v) is 12.7. The van der Waals surface area contributed by atoms with Gasteiger partial charge in [-0.15, -0.1) is 0 Å². The van der Waals surface area contributed by atoms with Gasteiger partial charge in [-0.25, -0.2) is 18.7 Å². The molecule has 0 bridgehead atoms. The topological polar surface area (TPSA) is 53.5 Å². The number of hydrogen-bond donors (Lipinski definition) is 1. The highest BCUT2D eigenvalue weighted by atomic mass is 19.1. The second-order valence-corrected chi connectivity index (χ2v) is 9.83. The number of hydrogen-bond acceptors (Lipinski definition) is 6. The van der Waals surface area contributed by atoms with Gasteiger partial charge in [0.05, 0.1) is 18.4 Å². The molecule has 0 saturated heterocycles. The van der Waals surface area contributed by atoms with Crippen LogP contribution in [0.2, 0.25) is 0 Å². The highest BCUT2D eigenvalue weighted by Gasteiger charge is 2.26. The van der Waals surface area contributed by atoms with E-state index in [1.807, 2.05) is 20.9 Å². The van der Waals surface area contributed by atoms with Crippen LogP contribution in [0.3, 0.4) is 0 Å². The average Bonchev–Trinajstić information content (AvgIpc) is 2.88. The second-order valence-electron chi connectivity index (χ2n) is 9.83. The fourth-order valence-electron chi connectivity index (χ4n) is 5.08. The van der Waals surface area contributed by atoms with E-state index in [1.165, 1.54) is 23.4 Å². The van der Waals surface area contributed by atoms with Crippen molar-refractivity contribution < 1.29 is 13.5 Å². The third-order valence-corrected chi connectivity index (χ3v) is 7.01. The largest absolute Gasteiger partial charge is 0.486 e. The predicted molar refractivity (Wildman–Crippen MR) is 138 cm³/mol. The van der Waals surface area contributed by atoms with Crippen molar-refractivity contribution in [2.24, 2.45) is 0 Å². The number of anilines is 1. The molecule has 2 aliphatic rings. The molecule has 0 atom stereocenters. The van der Waals surface area contributed by atoms with Gasteiger partial charge in [0.2, 0.25) is 0 Å². The molecule has 0 spiro atoms. The van der Waals surface area contributed by atoms with Gasteiger partial charge in [0, 0.05) is 44.2 Å². The smallest absolute Gasteiger partial charge is 0.178 e. The second kappa shape index (κ2) is 10.5. The number of nitrogens with zero attached hydrogens (tertiary/aromatic N) is 4. The minimum absolute atomic E-state index is 0.106. The van der Waals surface area contributed by atoms with Crippen molar-refractivity contribution in [3.63, 3.8) is 0 Å². The Bertz CT molecular complexity index is 1250. The van der Waals surface area contributed by atoms with Gasteiger partial charge in [-0.2, -0.15) is 0 Å². The molecule has 0 amide bonds. The minimum Gasteiger partial charge on any atom is -0.486 e. The van der Waals surface area contributed by atoms with Crippen molar-refractivity contribution >= 4 is 5.69 Å². The number of halogens is 2. The van der Waals surface area contributed by atoms with Crippen LogP contribution in [-0.4, -0.2) is 60.7 Å². The van der Waals surface area contributed by atoms with Crippen LogP contribution in [0.25, 0.3) is 11.3 Å². The maximum atomic E-state index is 15.0. The molecular weight excluding hydrogens is 460 g/mol. The molecule has 0 radical (unpaired) electrons. The van der Waals surface area contributed by atoms with Crippen LogP contribution in [0.1, 0.15) is 36.4 Å². The monoisotopic (exact) mass is 493 g/mol. The van der Waals surface area contributed by atoms with Gasteiger partial charge >= 0.3 is 0 Å². The van der Waals surface area contributed by atoms with Crippen molar-refractivity contribution in [2.45, 2.75) is 39.3 Å². The molecule has 2 aliphatic heterocycles. The summed E-state index contributed by atoms with van der Waals surface area (Å²) in [5, 5.41) is 3.21. The van der Waals surface area contributed by atoms with E-state index in [0.29, 0.717) is 36.6 Å². The Morgan fingerprint density at radius 2 is 1.94 bits per heavy atom. The highest BCUT2D eigenvalue weighted by molar-refractivity contribution is 5.72. The maximum absolute atomic E-state index is 15.0. The molecule has 5 rings (SSSR count). The van der Waals surface area contributed by atoms with Crippen molar-refractivity contribution in [3.05, 3.63) is 70.7 Å². The van der Waals surface area contributed by atoms with Crippen molar-refractivity contribution in [3.8, 4) is 17.0 Å². The zero-order valence-electron chi connectivity index (χ0n) is 21.2. The molecular formula is C28H33F2N5O. The molecule has 190 valence electrons. The summed E-state index contributed by atoms with van der Waals surface area (Å²) in [5.41, 5.74) is 4.91. The highest BCUT2D eigenvalue weighted by Crippen LogP contribution is 2.39. The number of nitrogens with one attached hydrogen (secondary N) is 1. The lowest BCUT2D eigenvalue weighted by Gasteiger charge is -2.34. The van der Waals surface area contributed by atoms with Gasteiger partial charge < -0.3 is 15.0 Å². The number of rotatable bonds is 7. The summed E-state index contributed by atoms with van der Waals surface area (Å²) in [6.07, 6.45) is 2.67. The Morgan fingerprint density at radius 1 is 1.08 bits per heavy atom. The first kappa shape index (κ1) is 24.6. The minimum atomic E-state index is -0.571. The number of likely N-dealkylation sites (N-methyl/N-ethyl adjacent to an activating group) is 1. The molecule has 8 heteroatoms. The third kappa shape index (κ3) is 5.06. The van der Waals surface area contributed by atoms with Crippen LogP contribution in [0.4, 0.5) is 14.5 Å². The van der Waals surface area contributed by atoms with Crippen molar-refractivity contribution in [1.29, 1.82) is 0 Å². The summed E-state index contributed by atoms with van der Waals surface area (Å²) >= 11 is 0. The summed E-state index contributed by atoms with van der Waals surface area (Å²) in [5.74, 6) is -0.358. The van der Waals surface area contributed by atoms with Gasteiger partial charge in [0.25, 0.3) is 0 Å². The summed E-state index contributed by atoms with van der Waals surface area (Å²) in [4.78, 5) is 13.3. The van der Waals surface area contributed by atoms with E-state index in [2.05, 4.69) is 43.3 Å². The number of fused-ring (bicyclic) bond motifs is 2. The van der Waals surface area contributed by atoms with Gasteiger partial charge in [-0.1, -0.05) is 18.2 Å². The molecule has 36 heavy (non-hydrogen) atoms. The van der Waals surface area contributed by atoms with E-state index < -0.39 is 11.6 Å². The van der Waals surface area contributed by atoms with Crippen LogP contribution in [0, 0.1) is 11.6 Å². The zero-order chi connectivity index (χ0) is 25.2. The Balaban J connectivity index is 1.40. The Labute approximate surface area is 211 Å². The standard InChI is InChI=1S/C28H33F2N5O/c1-18(2)35-10-11-36-28-23(29)14-22(15-25(28)35)27-24(30)16-32-26(33-27)13-19-4-5-21-17-34(9-7-31-3)8-6-20(21)12-19/h4-5,12,14-16,18,31H,6-11,13,17H2,1-3H3. The van der Waals surface area contributed by atoms with Crippen molar-refractivity contribution in [2.75, 3.05) is 44.7 Å². The van der Waals surface area contributed by atoms with E-state index in [4.69, 9.17) is 4.74 Å². The molecule has 2 aromatic carbocycles. The van der Waals surface area contributed by atoms with E-state index in [1.54, 1.807) is 6.07 Å². The molecule has 3 aromatic rings. The zero-order valence-corrected chi connectivity index (χ0v) is 21.2. The molecule has 3 heterocycles. The lowest BCUT2D eigenvalue weighted by Crippen LogP contribution is -2.38. The molecule has 6 nitrogen and oxygen atoms in total. The Morgan fingerprint density at radius 3 is 2.75 bits per heavy atom. The molecule has 0 saturated carbocycles. The van der Waals surface area contributed by atoms with E-state index >= 15 is 0 Å². The first-order valence-electron chi connectivity index (χ1n) is 12.7. The number of aromatic nitrogens is 2. The maximum Gasteiger partial charge on any atom is 0.178 e. The van der Waals surface area contributed by atoms with Crippen LogP contribution in [-0.2, 0) is 19.4 Å².